The number of nitrogens with two attached hydrogens (primary N) is 1. The number of piperidine rings is 1. The first-order valence-corrected chi connectivity index (χ1v) is 6.25. The SMILES string of the molecule is N#Cc1ccc(N2CCCC(C(N)=O)C2)cc1[N+](=O)[O-]. The van der Waals surface area contributed by atoms with Gasteiger partial charge in [0.2, 0.25) is 5.91 Å². The highest BCUT2D eigenvalue weighted by molar-refractivity contribution is 5.77. The summed E-state index contributed by atoms with van der Waals surface area (Å²) in [6, 6.07) is 6.27. The van der Waals surface area contributed by atoms with Crippen LogP contribution in [0.15, 0.2) is 18.2 Å². The normalized spacial score (nSPS) is 18.4. The van der Waals surface area contributed by atoms with Gasteiger partial charge in [-0.1, -0.05) is 0 Å². The van der Waals surface area contributed by atoms with Crippen LogP contribution in [0.5, 0.6) is 0 Å². The van der Waals surface area contributed by atoms with Gasteiger partial charge in [-0.25, -0.2) is 0 Å². The molecule has 1 fully saturated rings. The predicted molar refractivity (Wildman–Crippen MR) is 71.9 cm³/mol. The molecule has 2 N–H and O–H groups in total. The molecule has 7 heteroatoms. The van der Waals surface area contributed by atoms with Crippen molar-refractivity contribution in [2.45, 2.75) is 12.8 Å². The van der Waals surface area contributed by atoms with E-state index in [9.17, 15) is 14.9 Å². The van der Waals surface area contributed by atoms with Gasteiger partial charge in [-0.2, -0.15) is 5.26 Å². The molecule has 1 unspecified atom stereocenters. The van der Waals surface area contributed by atoms with Gasteiger partial charge in [0.25, 0.3) is 5.69 Å². The molecule has 0 bridgehead atoms. The minimum atomic E-state index is -0.572. The molecular weight excluding hydrogens is 260 g/mol. The first-order valence-electron chi connectivity index (χ1n) is 6.25. The van der Waals surface area contributed by atoms with Crippen molar-refractivity contribution in [1.82, 2.24) is 0 Å². The second-order valence-corrected chi connectivity index (χ2v) is 4.76. The number of nitrogens with zero attached hydrogens (tertiary/aromatic N) is 3. The van der Waals surface area contributed by atoms with E-state index in [4.69, 9.17) is 11.0 Å². The lowest BCUT2D eigenvalue weighted by atomic mass is 9.97. The van der Waals surface area contributed by atoms with Crippen molar-refractivity contribution in [3.63, 3.8) is 0 Å². The lowest BCUT2D eigenvalue weighted by molar-refractivity contribution is -0.385. The van der Waals surface area contributed by atoms with E-state index >= 15 is 0 Å². The maximum Gasteiger partial charge on any atom is 0.289 e. The van der Waals surface area contributed by atoms with Crippen LogP contribution in [-0.2, 0) is 4.79 Å². The predicted octanol–water partition coefficient (Wildman–Crippen LogP) is 1.17. The van der Waals surface area contributed by atoms with Gasteiger partial charge in [-0.05, 0) is 25.0 Å². The number of nitriles is 1. The number of hydrogen-bond acceptors (Lipinski definition) is 5. The van der Waals surface area contributed by atoms with Gasteiger partial charge in [-0.3, -0.25) is 14.9 Å². The van der Waals surface area contributed by atoms with Crippen molar-refractivity contribution in [2.24, 2.45) is 11.7 Å². The Kier molecular flexibility index (Phi) is 3.84. The molecule has 1 amide bonds. The van der Waals surface area contributed by atoms with Crippen LogP contribution >= 0.6 is 0 Å². The lowest BCUT2D eigenvalue weighted by Crippen LogP contribution is -2.41. The van der Waals surface area contributed by atoms with E-state index in [0.717, 1.165) is 12.8 Å². The molecule has 0 spiro atoms. The van der Waals surface area contributed by atoms with Crippen LogP contribution in [0.4, 0.5) is 11.4 Å². The molecule has 1 aliphatic heterocycles. The van der Waals surface area contributed by atoms with Crippen LogP contribution < -0.4 is 10.6 Å². The minimum absolute atomic E-state index is 0.0298. The number of rotatable bonds is 3. The summed E-state index contributed by atoms with van der Waals surface area (Å²) in [5, 5.41) is 19.8. The van der Waals surface area contributed by atoms with E-state index in [-0.39, 0.29) is 23.1 Å². The van der Waals surface area contributed by atoms with Crippen LogP contribution in [0.2, 0.25) is 0 Å². The van der Waals surface area contributed by atoms with Crippen LogP contribution in [0.1, 0.15) is 18.4 Å². The molecule has 104 valence electrons. The third-order valence-electron chi connectivity index (χ3n) is 3.49. The molecule has 1 aromatic rings. The summed E-state index contributed by atoms with van der Waals surface area (Å²) in [6.07, 6.45) is 1.55. The van der Waals surface area contributed by atoms with Gasteiger partial charge in [0.15, 0.2) is 0 Å². The van der Waals surface area contributed by atoms with E-state index in [1.54, 1.807) is 12.1 Å². The monoisotopic (exact) mass is 274 g/mol. The minimum Gasteiger partial charge on any atom is -0.371 e. The fraction of sp³-hybridized carbons (Fsp3) is 0.385. The van der Waals surface area contributed by atoms with Crippen molar-refractivity contribution in [3.8, 4) is 6.07 Å². The number of primary amides is 1. The third kappa shape index (κ3) is 2.69. The molecule has 0 radical (unpaired) electrons. The Labute approximate surface area is 115 Å². The highest BCUT2D eigenvalue weighted by Gasteiger charge is 2.25. The first kappa shape index (κ1) is 13.8. The molecule has 1 heterocycles. The average molecular weight is 274 g/mol. The Hall–Kier alpha value is -2.62. The number of nitro groups is 1. The van der Waals surface area contributed by atoms with E-state index in [2.05, 4.69) is 0 Å². The van der Waals surface area contributed by atoms with Crippen molar-refractivity contribution in [3.05, 3.63) is 33.9 Å². The number of anilines is 1. The van der Waals surface area contributed by atoms with Gasteiger partial charge in [-0.15, -0.1) is 0 Å². The second-order valence-electron chi connectivity index (χ2n) is 4.76. The van der Waals surface area contributed by atoms with Crippen molar-refractivity contribution in [2.75, 3.05) is 18.0 Å². The largest absolute Gasteiger partial charge is 0.371 e. The van der Waals surface area contributed by atoms with Crippen LogP contribution in [0.25, 0.3) is 0 Å². The molecule has 1 aromatic carbocycles. The Morgan fingerprint density at radius 2 is 2.30 bits per heavy atom. The van der Waals surface area contributed by atoms with Crippen molar-refractivity contribution in [1.29, 1.82) is 5.26 Å². The fourth-order valence-corrected chi connectivity index (χ4v) is 2.41. The number of carbonyl (C=O) groups excluding carboxylic acids is 1. The zero-order chi connectivity index (χ0) is 14.7. The molecule has 20 heavy (non-hydrogen) atoms. The third-order valence-corrected chi connectivity index (χ3v) is 3.49. The standard InChI is InChI=1S/C13H14N4O3/c14-7-9-3-4-11(6-12(9)17(19)20)16-5-1-2-10(8-16)13(15)18/h3-4,6,10H,1-2,5,8H2,(H2,15,18). The number of carbonyl (C=O) groups is 1. The van der Waals surface area contributed by atoms with Crippen molar-refractivity contribution >= 4 is 17.3 Å². The van der Waals surface area contributed by atoms with Crippen molar-refractivity contribution < 1.29 is 9.72 Å². The van der Waals surface area contributed by atoms with E-state index in [1.807, 2.05) is 4.90 Å². The van der Waals surface area contributed by atoms with E-state index < -0.39 is 4.92 Å². The van der Waals surface area contributed by atoms with Gasteiger partial charge < -0.3 is 10.6 Å². The van der Waals surface area contributed by atoms with E-state index in [1.165, 1.54) is 12.1 Å². The summed E-state index contributed by atoms with van der Waals surface area (Å²) in [7, 11) is 0. The number of hydrogen-bond donors (Lipinski definition) is 1. The lowest BCUT2D eigenvalue weighted by Gasteiger charge is -2.32. The molecule has 1 saturated heterocycles. The molecule has 1 aliphatic rings. The van der Waals surface area contributed by atoms with Gasteiger partial charge in [0, 0.05) is 24.8 Å². The summed E-state index contributed by atoms with van der Waals surface area (Å²) in [4.78, 5) is 23.5. The Balaban J connectivity index is 2.29. The average Bonchev–Trinajstić information content (AvgIpc) is 2.46. The Morgan fingerprint density at radius 3 is 2.90 bits per heavy atom. The zero-order valence-electron chi connectivity index (χ0n) is 10.8. The molecule has 0 saturated carbocycles. The van der Waals surface area contributed by atoms with Crippen LogP contribution in [0, 0.1) is 27.4 Å². The molecule has 7 nitrogen and oxygen atoms in total. The molecule has 2 rings (SSSR count). The summed E-state index contributed by atoms with van der Waals surface area (Å²) in [5.74, 6) is -0.587. The summed E-state index contributed by atoms with van der Waals surface area (Å²) in [5.41, 5.74) is 5.77. The maximum absolute atomic E-state index is 11.3. The molecule has 0 aliphatic carbocycles. The van der Waals surface area contributed by atoms with E-state index in [0.29, 0.717) is 18.8 Å². The molecule has 1 atom stereocenters. The number of amides is 1. The zero-order valence-corrected chi connectivity index (χ0v) is 10.8. The van der Waals surface area contributed by atoms with Gasteiger partial charge in [0.1, 0.15) is 11.6 Å². The quantitative estimate of drug-likeness (QED) is 0.656. The highest BCUT2D eigenvalue weighted by atomic mass is 16.6. The van der Waals surface area contributed by atoms with Gasteiger partial charge >= 0.3 is 0 Å². The first-order chi connectivity index (χ1) is 9.52. The summed E-state index contributed by atoms with van der Waals surface area (Å²) >= 11 is 0. The highest BCUT2D eigenvalue weighted by Crippen LogP contribution is 2.28. The Morgan fingerprint density at radius 1 is 1.55 bits per heavy atom. The summed E-state index contributed by atoms with van der Waals surface area (Å²) < 4.78 is 0. The van der Waals surface area contributed by atoms with Gasteiger partial charge in [0.05, 0.1) is 10.8 Å². The maximum atomic E-state index is 11.3. The van der Waals surface area contributed by atoms with Crippen LogP contribution in [-0.4, -0.2) is 23.9 Å². The summed E-state index contributed by atoms with van der Waals surface area (Å²) in [6.45, 7) is 1.17. The smallest absolute Gasteiger partial charge is 0.289 e. The topological polar surface area (TPSA) is 113 Å². The van der Waals surface area contributed by atoms with Crippen LogP contribution in [0.3, 0.4) is 0 Å². The number of benzene rings is 1. The number of nitro benzene ring substituents is 1. The fourth-order valence-electron chi connectivity index (χ4n) is 2.41. The second kappa shape index (κ2) is 5.57. The molecular formula is C13H14N4O3. The molecule has 0 aromatic heterocycles. The Bertz CT molecular complexity index is 594.